The Balaban J connectivity index is 2.19. The fourth-order valence-electron chi connectivity index (χ4n) is 1.29. The molecule has 0 aliphatic carbocycles. The van der Waals surface area contributed by atoms with Gasteiger partial charge in [-0.2, -0.15) is 0 Å². The first kappa shape index (κ1) is 8.05. The Morgan fingerprint density at radius 2 is 2.15 bits per heavy atom. The fourth-order valence-corrected chi connectivity index (χ4v) is 1.29. The third-order valence-electron chi connectivity index (χ3n) is 1.88. The molecule has 0 saturated heterocycles. The SMILES string of the molecule is Cc1cccc(Cc2ccco2)n1. The molecular weight excluding hydrogens is 162 g/mol. The van der Waals surface area contributed by atoms with E-state index in [0.29, 0.717) is 0 Å². The molecule has 0 bridgehead atoms. The average Bonchev–Trinajstić information content (AvgIpc) is 2.57. The van der Waals surface area contributed by atoms with E-state index in [9.17, 15) is 0 Å². The minimum atomic E-state index is 0.773. The van der Waals surface area contributed by atoms with Crippen LogP contribution in [-0.4, -0.2) is 4.98 Å². The van der Waals surface area contributed by atoms with E-state index < -0.39 is 0 Å². The minimum absolute atomic E-state index is 0.773. The highest BCUT2D eigenvalue weighted by Crippen LogP contribution is 2.07. The van der Waals surface area contributed by atoms with E-state index in [1.807, 2.05) is 37.3 Å². The van der Waals surface area contributed by atoms with E-state index in [0.717, 1.165) is 23.6 Å². The lowest BCUT2D eigenvalue weighted by atomic mass is 10.2. The van der Waals surface area contributed by atoms with Crippen LogP contribution in [-0.2, 0) is 6.42 Å². The van der Waals surface area contributed by atoms with Crippen molar-refractivity contribution in [2.75, 3.05) is 0 Å². The van der Waals surface area contributed by atoms with Crippen LogP contribution in [0.2, 0.25) is 0 Å². The lowest BCUT2D eigenvalue weighted by Crippen LogP contribution is -1.91. The van der Waals surface area contributed by atoms with Crippen molar-refractivity contribution in [1.29, 1.82) is 0 Å². The normalized spacial score (nSPS) is 10.2. The summed E-state index contributed by atoms with van der Waals surface area (Å²) in [5, 5.41) is 0. The van der Waals surface area contributed by atoms with Crippen molar-refractivity contribution in [3.63, 3.8) is 0 Å². The van der Waals surface area contributed by atoms with E-state index in [1.54, 1.807) is 6.26 Å². The van der Waals surface area contributed by atoms with Crippen LogP contribution in [0.3, 0.4) is 0 Å². The maximum Gasteiger partial charge on any atom is 0.109 e. The quantitative estimate of drug-likeness (QED) is 0.697. The summed E-state index contributed by atoms with van der Waals surface area (Å²) in [6, 6.07) is 9.87. The third kappa shape index (κ3) is 1.96. The van der Waals surface area contributed by atoms with Crippen LogP contribution in [0.4, 0.5) is 0 Å². The molecule has 0 fully saturated rings. The maximum absolute atomic E-state index is 5.24. The lowest BCUT2D eigenvalue weighted by Gasteiger charge is -1.98. The number of nitrogens with zero attached hydrogens (tertiary/aromatic N) is 1. The molecular formula is C11H11NO. The van der Waals surface area contributed by atoms with Gasteiger partial charge in [0.2, 0.25) is 0 Å². The molecule has 2 aromatic rings. The van der Waals surface area contributed by atoms with Gasteiger partial charge in [0.1, 0.15) is 5.76 Å². The van der Waals surface area contributed by atoms with Crippen molar-refractivity contribution in [3.8, 4) is 0 Å². The molecule has 2 rings (SSSR count). The summed E-state index contributed by atoms with van der Waals surface area (Å²) >= 11 is 0. The van der Waals surface area contributed by atoms with Crippen LogP contribution in [0.5, 0.6) is 0 Å². The summed E-state index contributed by atoms with van der Waals surface area (Å²) in [5.41, 5.74) is 2.10. The maximum atomic E-state index is 5.24. The van der Waals surface area contributed by atoms with Crippen LogP contribution in [0, 0.1) is 6.92 Å². The second kappa shape index (κ2) is 3.44. The van der Waals surface area contributed by atoms with Gasteiger partial charge < -0.3 is 4.42 Å². The zero-order valence-electron chi connectivity index (χ0n) is 7.53. The van der Waals surface area contributed by atoms with Crippen LogP contribution < -0.4 is 0 Å². The number of aryl methyl sites for hydroxylation is 1. The van der Waals surface area contributed by atoms with E-state index in [-0.39, 0.29) is 0 Å². The zero-order chi connectivity index (χ0) is 9.10. The predicted octanol–water partition coefficient (Wildman–Crippen LogP) is 2.57. The number of furan rings is 1. The molecule has 2 heteroatoms. The van der Waals surface area contributed by atoms with Gasteiger partial charge in [0.25, 0.3) is 0 Å². The first-order valence-corrected chi connectivity index (χ1v) is 4.29. The molecule has 2 aromatic heterocycles. The van der Waals surface area contributed by atoms with E-state index >= 15 is 0 Å². The van der Waals surface area contributed by atoms with Gasteiger partial charge in [-0.25, -0.2) is 0 Å². The second-order valence-electron chi connectivity index (χ2n) is 3.03. The molecule has 0 unspecified atom stereocenters. The standard InChI is InChI=1S/C11H11NO/c1-9-4-2-5-10(12-9)8-11-6-3-7-13-11/h2-7H,8H2,1H3. The highest BCUT2D eigenvalue weighted by molar-refractivity contribution is 5.15. The molecule has 0 spiro atoms. The summed E-state index contributed by atoms with van der Waals surface area (Å²) in [6.45, 7) is 1.99. The fraction of sp³-hybridized carbons (Fsp3) is 0.182. The van der Waals surface area contributed by atoms with Gasteiger partial charge in [0, 0.05) is 17.8 Å². The molecule has 0 aliphatic rings. The number of pyridine rings is 1. The molecule has 0 N–H and O–H groups in total. The van der Waals surface area contributed by atoms with E-state index in [4.69, 9.17) is 4.42 Å². The van der Waals surface area contributed by atoms with Crippen molar-refractivity contribution >= 4 is 0 Å². The van der Waals surface area contributed by atoms with Gasteiger partial charge in [0.15, 0.2) is 0 Å². The second-order valence-corrected chi connectivity index (χ2v) is 3.03. The van der Waals surface area contributed by atoms with Crippen molar-refractivity contribution in [2.45, 2.75) is 13.3 Å². The van der Waals surface area contributed by atoms with Gasteiger partial charge in [-0.05, 0) is 31.2 Å². The highest BCUT2D eigenvalue weighted by atomic mass is 16.3. The molecule has 0 radical (unpaired) electrons. The van der Waals surface area contributed by atoms with Crippen LogP contribution in [0.25, 0.3) is 0 Å². The van der Waals surface area contributed by atoms with Crippen LogP contribution in [0.15, 0.2) is 41.0 Å². The molecule has 2 nitrogen and oxygen atoms in total. The topological polar surface area (TPSA) is 26.0 Å². The molecule has 0 amide bonds. The van der Waals surface area contributed by atoms with Gasteiger partial charge in [-0.3, -0.25) is 4.98 Å². The van der Waals surface area contributed by atoms with Gasteiger partial charge >= 0.3 is 0 Å². The van der Waals surface area contributed by atoms with Crippen molar-refractivity contribution < 1.29 is 4.42 Å². The third-order valence-corrected chi connectivity index (χ3v) is 1.88. The average molecular weight is 173 g/mol. The van der Waals surface area contributed by atoms with Crippen LogP contribution in [0.1, 0.15) is 17.1 Å². The summed E-state index contributed by atoms with van der Waals surface area (Å²) in [4.78, 5) is 4.39. The predicted molar refractivity (Wildman–Crippen MR) is 50.5 cm³/mol. The molecule has 0 aromatic carbocycles. The van der Waals surface area contributed by atoms with Gasteiger partial charge in [0.05, 0.1) is 6.26 Å². The Morgan fingerprint density at radius 1 is 1.23 bits per heavy atom. The van der Waals surface area contributed by atoms with Crippen molar-refractivity contribution in [1.82, 2.24) is 4.98 Å². The Labute approximate surface area is 77.2 Å². The number of aromatic nitrogens is 1. The molecule has 0 saturated carbocycles. The minimum Gasteiger partial charge on any atom is -0.469 e. The molecule has 2 heterocycles. The summed E-state index contributed by atoms with van der Waals surface area (Å²) in [5.74, 6) is 0.957. The summed E-state index contributed by atoms with van der Waals surface area (Å²) in [6.07, 6.45) is 2.46. The van der Waals surface area contributed by atoms with Gasteiger partial charge in [-0.15, -0.1) is 0 Å². The molecule has 0 atom stereocenters. The number of rotatable bonds is 2. The van der Waals surface area contributed by atoms with Crippen molar-refractivity contribution in [2.24, 2.45) is 0 Å². The highest BCUT2D eigenvalue weighted by Gasteiger charge is 1.99. The summed E-state index contributed by atoms with van der Waals surface area (Å²) in [7, 11) is 0. The zero-order valence-corrected chi connectivity index (χ0v) is 7.53. The molecule has 66 valence electrons. The largest absolute Gasteiger partial charge is 0.469 e. The Hall–Kier alpha value is -1.57. The smallest absolute Gasteiger partial charge is 0.109 e. The van der Waals surface area contributed by atoms with E-state index in [2.05, 4.69) is 4.98 Å². The first-order chi connectivity index (χ1) is 6.34. The Kier molecular flexibility index (Phi) is 2.13. The van der Waals surface area contributed by atoms with Crippen LogP contribution >= 0.6 is 0 Å². The molecule has 13 heavy (non-hydrogen) atoms. The number of hydrogen-bond acceptors (Lipinski definition) is 2. The lowest BCUT2D eigenvalue weighted by molar-refractivity contribution is 0.519. The Morgan fingerprint density at radius 3 is 2.85 bits per heavy atom. The number of hydrogen-bond donors (Lipinski definition) is 0. The van der Waals surface area contributed by atoms with Gasteiger partial charge in [-0.1, -0.05) is 6.07 Å². The monoisotopic (exact) mass is 173 g/mol. The molecule has 0 aliphatic heterocycles. The van der Waals surface area contributed by atoms with Crippen molar-refractivity contribution in [3.05, 3.63) is 53.7 Å². The van der Waals surface area contributed by atoms with E-state index in [1.165, 1.54) is 0 Å². The first-order valence-electron chi connectivity index (χ1n) is 4.29. The summed E-state index contributed by atoms with van der Waals surface area (Å²) < 4.78 is 5.24. The Bertz CT molecular complexity index is 379.